The van der Waals surface area contributed by atoms with E-state index in [4.69, 9.17) is 10.8 Å². The van der Waals surface area contributed by atoms with Crippen LogP contribution in [-0.4, -0.2) is 14.6 Å². The van der Waals surface area contributed by atoms with Gasteiger partial charge in [-0.1, -0.05) is 46.0 Å². The maximum atomic E-state index is 6.59. The Morgan fingerprint density at radius 3 is 2.11 bits per heavy atom. The molecule has 0 aliphatic heterocycles. The molecule has 2 aliphatic rings. The lowest BCUT2D eigenvalue weighted by atomic mass is 9.50. The molecule has 0 radical (unpaired) electrons. The number of rotatable bonds is 5. The molecule has 0 aromatic rings. The summed E-state index contributed by atoms with van der Waals surface area (Å²) in [7, 11) is -1.16. The van der Waals surface area contributed by atoms with Crippen molar-refractivity contribution in [2.24, 2.45) is 16.7 Å². The molecule has 1 atom stereocenters. The highest BCUT2D eigenvalue weighted by Gasteiger charge is 2.61. The van der Waals surface area contributed by atoms with Gasteiger partial charge >= 0.3 is 0 Å². The van der Waals surface area contributed by atoms with E-state index in [0.717, 1.165) is 5.92 Å². The molecule has 19 heavy (non-hydrogen) atoms. The third kappa shape index (κ3) is 2.52. The summed E-state index contributed by atoms with van der Waals surface area (Å²) in [5.74, 6) is 4.10. The van der Waals surface area contributed by atoms with Gasteiger partial charge < -0.3 is 4.43 Å². The average Bonchev–Trinajstić information content (AvgIpc) is 3.02. The lowest BCUT2D eigenvalue weighted by Crippen LogP contribution is -2.62. The number of terminal acetylenes is 1. The Kier molecular flexibility index (Phi) is 3.93. The summed E-state index contributed by atoms with van der Waals surface area (Å²) in [5, 5.41) is 0. The Morgan fingerprint density at radius 2 is 1.84 bits per heavy atom. The first-order chi connectivity index (χ1) is 8.76. The van der Waals surface area contributed by atoms with Crippen molar-refractivity contribution < 1.29 is 4.43 Å². The van der Waals surface area contributed by atoms with E-state index >= 15 is 0 Å². The van der Waals surface area contributed by atoms with Crippen LogP contribution in [0.15, 0.2) is 0 Å². The highest BCUT2D eigenvalue weighted by Crippen LogP contribution is 2.62. The van der Waals surface area contributed by atoms with E-state index in [0.29, 0.717) is 0 Å². The molecule has 0 spiro atoms. The van der Waals surface area contributed by atoms with Gasteiger partial charge in [0.25, 0.3) is 0 Å². The molecular weight excluding hydrogens is 248 g/mol. The predicted octanol–water partition coefficient (Wildman–Crippen LogP) is 4.37. The lowest BCUT2D eigenvalue weighted by Gasteiger charge is -2.60. The first-order valence-corrected chi connectivity index (χ1v) is 10.7. The van der Waals surface area contributed by atoms with Gasteiger partial charge in [-0.25, -0.2) is 0 Å². The first kappa shape index (κ1) is 15.1. The summed E-state index contributed by atoms with van der Waals surface area (Å²) >= 11 is 0. The van der Waals surface area contributed by atoms with E-state index in [1.807, 2.05) is 0 Å². The van der Waals surface area contributed by atoms with Crippen LogP contribution in [0.25, 0.3) is 0 Å². The maximum Gasteiger partial charge on any atom is 0.173 e. The minimum absolute atomic E-state index is 0.0222. The van der Waals surface area contributed by atoms with E-state index in [9.17, 15) is 0 Å². The standard InChI is InChI=1S/C17H30OSi/c1-7-17(15(2,3)4,18-19(5)6)16(11-8-12-16)13-14-9-10-14/h1,14,19H,8-13H2,2-6H3. The molecule has 2 fully saturated rings. The first-order valence-electron chi connectivity index (χ1n) is 7.92. The minimum atomic E-state index is -1.16. The molecule has 0 aromatic carbocycles. The SMILES string of the molecule is C#CC(O[SiH](C)C)(C(C)(C)C)C1(CC2CC2)CCC1. The zero-order valence-corrected chi connectivity index (χ0v) is 14.5. The molecule has 2 saturated carbocycles. The van der Waals surface area contributed by atoms with Gasteiger partial charge in [-0.15, -0.1) is 6.42 Å². The summed E-state index contributed by atoms with van der Waals surface area (Å²) < 4.78 is 6.59. The molecule has 1 nitrogen and oxygen atoms in total. The largest absolute Gasteiger partial charge is 0.404 e. The predicted molar refractivity (Wildman–Crippen MR) is 84.6 cm³/mol. The fourth-order valence-electron chi connectivity index (χ4n) is 4.03. The molecule has 108 valence electrons. The van der Waals surface area contributed by atoms with Gasteiger partial charge in [0.1, 0.15) is 5.60 Å². The molecule has 0 heterocycles. The van der Waals surface area contributed by atoms with Crippen molar-refractivity contribution in [1.82, 2.24) is 0 Å². The van der Waals surface area contributed by atoms with Crippen molar-refractivity contribution in [3.8, 4) is 12.3 Å². The molecule has 1 unspecified atom stereocenters. The van der Waals surface area contributed by atoms with E-state index in [1.54, 1.807) is 0 Å². The molecule has 2 aliphatic carbocycles. The van der Waals surface area contributed by atoms with Gasteiger partial charge in [0, 0.05) is 10.8 Å². The smallest absolute Gasteiger partial charge is 0.173 e. The van der Waals surface area contributed by atoms with E-state index in [2.05, 4.69) is 39.8 Å². The van der Waals surface area contributed by atoms with E-state index in [1.165, 1.54) is 38.5 Å². The molecule has 0 saturated heterocycles. The van der Waals surface area contributed by atoms with Crippen LogP contribution in [0.3, 0.4) is 0 Å². The Hall–Kier alpha value is -0.263. The molecule has 0 amide bonds. The molecule has 0 bridgehead atoms. The zero-order chi connectivity index (χ0) is 14.3. The highest BCUT2D eigenvalue weighted by molar-refractivity contribution is 6.48. The van der Waals surface area contributed by atoms with Crippen LogP contribution in [-0.2, 0) is 4.43 Å². The fourth-order valence-corrected chi connectivity index (χ4v) is 5.41. The third-order valence-electron chi connectivity index (χ3n) is 5.11. The zero-order valence-electron chi connectivity index (χ0n) is 13.4. The summed E-state index contributed by atoms with van der Waals surface area (Å²) in [6.07, 6.45) is 14.1. The van der Waals surface area contributed by atoms with Crippen LogP contribution in [0.1, 0.15) is 59.3 Å². The van der Waals surface area contributed by atoms with Gasteiger partial charge in [-0.2, -0.15) is 0 Å². The average molecular weight is 279 g/mol. The van der Waals surface area contributed by atoms with E-state index < -0.39 is 9.04 Å². The Balaban J connectivity index is 2.36. The van der Waals surface area contributed by atoms with Crippen LogP contribution in [0.2, 0.25) is 13.1 Å². The molecule has 0 aromatic heterocycles. The lowest BCUT2D eigenvalue weighted by molar-refractivity contribution is -0.139. The van der Waals surface area contributed by atoms with Crippen molar-refractivity contribution in [2.45, 2.75) is 78.0 Å². The van der Waals surface area contributed by atoms with Crippen LogP contribution >= 0.6 is 0 Å². The van der Waals surface area contributed by atoms with Crippen molar-refractivity contribution in [2.75, 3.05) is 0 Å². The van der Waals surface area contributed by atoms with Crippen molar-refractivity contribution in [3.63, 3.8) is 0 Å². The quantitative estimate of drug-likeness (QED) is 0.536. The van der Waals surface area contributed by atoms with Crippen LogP contribution in [0.4, 0.5) is 0 Å². The van der Waals surface area contributed by atoms with E-state index in [-0.39, 0.29) is 16.4 Å². The second-order valence-electron chi connectivity index (χ2n) is 8.02. The second-order valence-corrected chi connectivity index (χ2v) is 10.4. The topological polar surface area (TPSA) is 9.23 Å². The normalized spacial score (nSPS) is 25.5. The van der Waals surface area contributed by atoms with Crippen molar-refractivity contribution in [1.29, 1.82) is 0 Å². The Morgan fingerprint density at radius 1 is 1.26 bits per heavy atom. The Bertz CT molecular complexity index is 366. The molecule has 2 rings (SSSR count). The fraction of sp³-hybridized carbons (Fsp3) is 0.882. The van der Waals surface area contributed by atoms with Gasteiger partial charge in [0.15, 0.2) is 9.04 Å². The monoisotopic (exact) mass is 278 g/mol. The summed E-state index contributed by atoms with van der Waals surface area (Å²) in [5.41, 5.74) is -0.0615. The minimum Gasteiger partial charge on any atom is -0.404 e. The number of hydrogen-bond acceptors (Lipinski definition) is 1. The second kappa shape index (κ2) is 4.93. The molecular formula is C17H30OSi. The van der Waals surface area contributed by atoms with Gasteiger partial charge in [-0.3, -0.25) is 0 Å². The summed E-state index contributed by atoms with van der Waals surface area (Å²) in [6, 6.07) is 0. The highest BCUT2D eigenvalue weighted by atomic mass is 28.3. The van der Waals surface area contributed by atoms with Gasteiger partial charge in [0.2, 0.25) is 0 Å². The van der Waals surface area contributed by atoms with Crippen molar-refractivity contribution >= 4 is 9.04 Å². The number of hydrogen-bond donors (Lipinski definition) is 0. The van der Waals surface area contributed by atoms with Gasteiger partial charge in [-0.05, 0) is 38.3 Å². The Labute approximate surface area is 121 Å². The van der Waals surface area contributed by atoms with Crippen LogP contribution in [0.5, 0.6) is 0 Å². The molecule has 0 N–H and O–H groups in total. The summed E-state index contributed by atoms with van der Waals surface area (Å²) in [4.78, 5) is 0. The summed E-state index contributed by atoms with van der Waals surface area (Å²) in [6.45, 7) is 11.3. The van der Waals surface area contributed by atoms with Gasteiger partial charge in [0.05, 0.1) is 0 Å². The molecule has 2 heteroatoms. The van der Waals surface area contributed by atoms with Crippen LogP contribution in [0, 0.1) is 29.1 Å². The third-order valence-corrected chi connectivity index (χ3v) is 5.93. The maximum absolute atomic E-state index is 6.59. The van der Waals surface area contributed by atoms with Crippen molar-refractivity contribution in [3.05, 3.63) is 0 Å². The van der Waals surface area contributed by atoms with Crippen LogP contribution < -0.4 is 0 Å².